The zero-order chi connectivity index (χ0) is 7.40. The van der Waals surface area contributed by atoms with E-state index in [1.807, 2.05) is 0 Å². The number of hydrogen-bond donors (Lipinski definition) is 1. The molecule has 2 N–H and O–H groups in total. The summed E-state index contributed by atoms with van der Waals surface area (Å²) in [5, 5.41) is 0. The average Bonchev–Trinajstić information content (AvgIpc) is 1.80. The van der Waals surface area contributed by atoms with Gasteiger partial charge in [-0.05, 0) is 12.3 Å². The van der Waals surface area contributed by atoms with Gasteiger partial charge in [0.15, 0.2) is 0 Å². The predicted octanol–water partition coefficient (Wildman–Crippen LogP) is 1.53. The fraction of sp³-hybridized carbons (Fsp3) is 0.778. The second-order valence-corrected chi connectivity index (χ2v) is 3.20. The first-order chi connectivity index (χ1) is 4.83. The van der Waals surface area contributed by atoms with Crippen LogP contribution in [0.5, 0.6) is 0 Å². The number of terminal acetylenes is 1. The first kappa shape index (κ1) is 7.63. The van der Waals surface area contributed by atoms with E-state index in [0.29, 0.717) is 0 Å². The lowest BCUT2D eigenvalue weighted by Crippen LogP contribution is -2.26. The Bertz CT molecular complexity index is 130. The van der Waals surface area contributed by atoms with Crippen molar-refractivity contribution in [3.63, 3.8) is 0 Å². The molecule has 0 aromatic heterocycles. The van der Waals surface area contributed by atoms with Crippen molar-refractivity contribution in [2.45, 2.75) is 38.1 Å². The molecule has 1 nitrogen and oxygen atoms in total. The Morgan fingerprint density at radius 3 is 2.70 bits per heavy atom. The van der Waals surface area contributed by atoms with Gasteiger partial charge in [-0.15, -0.1) is 12.3 Å². The van der Waals surface area contributed by atoms with Crippen molar-refractivity contribution in [1.29, 1.82) is 0 Å². The molecule has 10 heavy (non-hydrogen) atoms. The molecular formula is C9H15N. The Hall–Kier alpha value is -0.480. The van der Waals surface area contributed by atoms with Gasteiger partial charge in [0, 0.05) is 12.5 Å². The summed E-state index contributed by atoms with van der Waals surface area (Å²) in [6.45, 7) is 0. The molecule has 56 valence electrons. The van der Waals surface area contributed by atoms with Gasteiger partial charge in [0.05, 0.1) is 0 Å². The largest absolute Gasteiger partial charge is 0.327 e. The summed E-state index contributed by atoms with van der Waals surface area (Å²) in [6, 6.07) is 0.260. The van der Waals surface area contributed by atoms with Crippen LogP contribution in [0.2, 0.25) is 0 Å². The van der Waals surface area contributed by atoms with Gasteiger partial charge in [-0.1, -0.05) is 19.3 Å². The van der Waals surface area contributed by atoms with Crippen LogP contribution in [0.3, 0.4) is 0 Å². The van der Waals surface area contributed by atoms with Crippen LogP contribution in [0.1, 0.15) is 32.1 Å². The summed E-state index contributed by atoms with van der Waals surface area (Å²) in [7, 11) is 0. The molecule has 1 atom stereocenters. The van der Waals surface area contributed by atoms with Crippen LogP contribution in [0, 0.1) is 18.3 Å². The minimum Gasteiger partial charge on any atom is -0.327 e. The Morgan fingerprint density at radius 2 is 2.30 bits per heavy atom. The zero-order valence-electron chi connectivity index (χ0n) is 6.34. The molecule has 0 aromatic rings. The van der Waals surface area contributed by atoms with Crippen molar-refractivity contribution in [3.05, 3.63) is 0 Å². The number of nitrogens with two attached hydrogens (primary N) is 1. The van der Waals surface area contributed by atoms with Crippen LogP contribution in [0.4, 0.5) is 0 Å². The van der Waals surface area contributed by atoms with Gasteiger partial charge in [0.2, 0.25) is 0 Å². The van der Waals surface area contributed by atoms with Crippen LogP contribution >= 0.6 is 0 Å². The molecule has 1 rings (SSSR count). The maximum absolute atomic E-state index is 5.75. The second kappa shape index (κ2) is 3.63. The smallest absolute Gasteiger partial charge is 0.0238 e. The third-order valence-corrected chi connectivity index (χ3v) is 2.24. The first-order valence-electron chi connectivity index (χ1n) is 4.02. The Kier molecular flexibility index (Phi) is 2.77. The van der Waals surface area contributed by atoms with E-state index in [-0.39, 0.29) is 6.04 Å². The summed E-state index contributed by atoms with van der Waals surface area (Å²) < 4.78 is 0. The Balaban J connectivity index is 2.06. The van der Waals surface area contributed by atoms with Gasteiger partial charge >= 0.3 is 0 Å². The van der Waals surface area contributed by atoms with Gasteiger partial charge in [-0.2, -0.15) is 0 Å². The normalized spacial score (nSPS) is 21.2. The summed E-state index contributed by atoms with van der Waals surface area (Å²) in [4.78, 5) is 0. The molecule has 0 heterocycles. The Labute approximate surface area is 63.0 Å². The van der Waals surface area contributed by atoms with E-state index in [1.165, 1.54) is 19.3 Å². The van der Waals surface area contributed by atoms with E-state index < -0.39 is 0 Å². The van der Waals surface area contributed by atoms with Crippen LogP contribution in [0.25, 0.3) is 0 Å². The molecule has 0 saturated heterocycles. The summed E-state index contributed by atoms with van der Waals surface area (Å²) in [5.41, 5.74) is 5.75. The van der Waals surface area contributed by atoms with E-state index >= 15 is 0 Å². The van der Waals surface area contributed by atoms with Crippen LogP contribution < -0.4 is 5.73 Å². The SMILES string of the molecule is C#CCC(N)CC1CCC1. The number of hydrogen-bond acceptors (Lipinski definition) is 1. The molecule has 1 fully saturated rings. The summed E-state index contributed by atoms with van der Waals surface area (Å²) in [5.74, 6) is 3.49. The molecule has 1 aliphatic carbocycles. The predicted molar refractivity (Wildman–Crippen MR) is 43.4 cm³/mol. The van der Waals surface area contributed by atoms with Gasteiger partial charge in [-0.3, -0.25) is 0 Å². The quantitative estimate of drug-likeness (QED) is 0.586. The van der Waals surface area contributed by atoms with E-state index in [1.54, 1.807) is 0 Å². The van der Waals surface area contributed by atoms with Crippen molar-refractivity contribution in [1.82, 2.24) is 0 Å². The van der Waals surface area contributed by atoms with Crippen molar-refractivity contribution in [2.75, 3.05) is 0 Å². The van der Waals surface area contributed by atoms with Crippen molar-refractivity contribution >= 4 is 0 Å². The van der Waals surface area contributed by atoms with E-state index in [9.17, 15) is 0 Å². The van der Waals surface area contributed by atoms with E-state index in [4.69, 9.17) is 12.2 Å². The molecule has 0 aromatic carbocycles. The third kappa shape index (κ3) is 2.04. The van der Waals surface area contributed by atoms with Crippen LogP contribution in [-0.2, 0) is 0 Å². The highest BCUT2D eigenvalue weighted by atomic mass is 14.6. The lowest BCUT2D eigenvalue weighted by molar-refractivity contribution is 0.277. The zero-order valence-corrected chi connectivity index (χ0v) is 6.34. The van der Waals surface area contributed by atoms with Crippen LogP contribution in [0.15, 0.2) is 0 Å². The molecule has 0 bridgehead atoms. The van der Waals surface area contributed by atoms with E-state index in [2.05, 4.69) is 5.92 Å². The highest BCUT2D eigenvalue weighted by Crippen LogP contribution is 2.30. The highest BCUT2D eigenvalue weighted by Gasteiger charge is 2.19. The number of rotatable bonds is 3. The highest BCUT2D eigenvalue weighted by molar-refractivity contribution is 4.89. The van der Waals surface area contributed by atoms with Gasteiger partial charge in [0.1, 0.15) is 0 Å². The van der Waals surface area contributed by atoms with Crippen molar-refractivity contribution in [3.8, 4) is 12.3 Å². The maximum Gasteiger partial charge on any atom is 0.0238 e. The monoisotopic (exact) mass is 137 g/mol. The Morgan fingerprint density at radius 1 is 1.60 bits per heavy atom. The molecule has 0 radical (unpaired) electrons. The molecule has 0 spiro atoms. The molecule has 1 saturated carbocycles. The molecule has 0 amide bonds. The first-order valence-corrected chi connectivity index (χ1v) is 4.02. The van der Waals surface area contributed by atoms with Gasteiger partial charge in [0.25, 0.3) is 0 Å². The third-order valence-electron chi connectivity index (χ3n) is 2.24. The van der Waals surface area contributed by atoms with E-state index in [0.717, 1.165) is 18.8 Å². The minimum absolute atomic E-state index is 0.260. The van der Waals surface area contributed by atoms with Gasteiger partial charge in [-0.25, -0.2) is 0 Å². The summed E-state index contributed by atoms with van der Waals surface area (Å²) in [6.07, 6.45) is 11.2. The van der Waals surface area contributed by atoms with Crippen molar-refractivity contribution < 1.29 is 0 Å². The van der Waals surface area contributed by atoms with Gasteiger partial charge < -0.3 is 5.73 Å². The standard InChI is InChI=1S/C9H15N/c1-2-4-9(10)7-8-5-3-6-8/h1,8-9H,3-7,10H2. The maximum atomic E-state index is 5.75. The molecule has 1 heteroatoms. The minimum atomic E-state index is 0.260. The average molecular weight is 137 g/mol. The topological polar surface area (TPSA) is 26.0 Å². The van der Waals surface area contributed by atoms with Crippen molar-refractivity contribution in [2.24, 2.45) is 11.7 Å². The summed E-state index contributed by atoms with van der Waals surface area (Å²) >= 11 is 0. The second-order valence-electron chi connectivity index (χ2n) is 3.20. The molecular weight excluding hydrogens is 122 g/mol. The fourth-order valence-corrected chi connectivity index (χ4v) is 1.39. The lowest BCUT2D eigenvalue weighted by atomic mass is 9.80. The molecule has 1 unspecified atom stereocenters. The van der Waals surface area contributed by atoms with Crippen LogP contribution in [-0.4, -0.2) is 6.04 Å². The fourth-order valence-electron chi connectivity index (χ4n) is 1.39. The molecule has 0 aliphatic heterocycles. The molecule has 1 aliphatic rings. The lowest BCUT2D eigenvalue weighted by Gasteiger charge is -2.27.